The summed E-state index contributed by atoms with van der Waals surface area (Å²) in [5.41, 5.74) is 2.17. The Labute approximate surface area is 238 Å². The molecule has 2 amide bonds. The van der Waals surface area contributed by atoms with Gasteiger partial charge in [0.25, 0.3) is 0 Å². The minimum atomic E-state index is -0.677. The first-order valence-corrected chi connectivity index (χ1v) is 14.3. The van der Waals surface area contributed by atoms with E-state index in [1.54, 1.807) is 90.4 Å². The van der Waals surface area contributed by atoms with Gasteiger partial charge in [0.15, 0.2) is 5.78 Å². The molecule has 1 aromatic heterocycles. The van der Waals surface area contributed by atoms with Crippen molar-refractivity contribution in [2.45, 2.75) is 81.3 Å². The molecule has 0 bridgehead atoms. The van der Waals surface area contributed by atoms with Gasteiger partial charge in [-0.1, -0.05) is 40.7 Å². The van der Waals surface area contributed by atoms with Crippen LogP contribution in [0.1, 0.15) is 91.6 Å². The van der Waals surface area contributed by atoms with E-state index in [4.69, 9.17) is 9.47 Å². The number of anilines is 2. The fourth-order valence-electron chi connectivity index (χ4n) is 2.98. The van der Waals surface area contributed by atoms with Gasteiger partial charge in [-0.05, 0) is 75.9 Å². The molecule has 0 saturated carbocycles. The third kappa shape index (κ3) is 11.9. The molecule has 0 atom stereocenters. The van der Waals surface area contributed by atoms with Crippen LogP contribution in [0.15, 0.2) is 46.2 Å². The summed E-state index contributed by atoms with van der Waals surface area (Å²) in [6.07, 6.45) is 2.72. The van der Waals surface area contributed by atoms with Gasteiger partial charge < -0.3 is 9.47 Å². The van der Waals surface area contributed by atoms with E-state index in [9.17, 15) is 14.4 Å². The fourth-order valence-corrected chi connectivity index (χ4v) is 3.59. The van der Waals surface area contributed by atoms with E-state index >= 15 is 0 Å². The maximum atomic E-state index is 12.8. The van der Waals surface area contributed by atoms with Crippen molar-refractivity contribution in [3.05, 3.63) is 52.2 Å². The highest BCUT2D eigenvalue weighted by atomic mass is 32.1. The Morgan fingerprint density at radius 3 is 2.18 bits per heavy atom. The number of rotatable bonds is 8. The number of benzene rings is 1. The molecule has 39 heavy (non-hydrogen) atoms. The second-order valence-electron chi connectivity index (χ2n) is 8.66. The standard InChI is InChI=1S/C26H33N3O5S.2C2H6/c1-8-23(30)20-12-13-22(28(7)24(31)33-9-2)19(16-20)11-10-18(3)27-29(21-14-15-35-17-21)25(32)34-26(4,5)6;2*1-2/h10-17H,8-9H2,1-7H3;2*1-2H3/b11-10+,27-18+;;. The zero-order valence-electron chi connectivity index (χ0n) is 25.3. The molecule has 216 valence electrons. The lowest BCUT2D eigenvalue weighted by molar-refractivity contribution is 0.0581. The monoisotopic (exact) mass is 559 g/mol. The van der Waals surface area contributed by atoms with E-state index < -0.39 is 17.8 Å². The Kier molecular flexibility index (Phi) is 16.3. The summed E-state index contributed by atoms with van der Waals surface area (Å²) in [5.74, 6) is -0.0102. The molecule has 0 fully saturated rings. The summed E-state index contributed by atoms with van der Waals surface area (Å²) >= 11 is 1.44. The smallest absolute Gasteiger partial charge is 0.435 e. The number of hydrazone groups is 1. The highest BCUT2D eigenvalue weighted by Crippen LogP contribution is 2.25. The fraction of sp³-hybridized carbons (Fsp3) is 0.467. The van der Waals surface area contributed by atoms with E-state index in [-0.39, 0.29) is 12.4 Å². The zero-order valence-corrected chi connectivity index (χ0v) is 26.1. The lowest BCUT2D eigenvalue weighted by atomic mass is 10.0. The zero-order chi connectivity index (χ0) is 30.2. The van der Waals surface area contributed by atoms with Crippen molar-refractivity contribution >= 4 is 52.5 Å². The minimum absolute atomic E-state index is 0.0102. The summed E-state index contributed by atoms with van der Waals surface area (Å²) in [7, 11) is 1.60. The molecule has 8 nitrogen and oxygen atoms in total. The Bertz CT molecular complexity index is 1100. The third-order valence-corrected chi connectivity index (χ3v) is 5.32. The van der Waals surface area contributed by atoms with Crippen LogP contribution >= 0.6 is 11.3 Å². The number of ether oxygens (including phenoxy) is 2. The van der Waals surface area contributed by atoms with Gasteiger partial charge in [-0.3, -0.25) is 9.69 Å². The van der Waals surface area contributed by atoms with Gasteiger partial charge in [0, 0.05) is 24.4 Å². The molecule has 9 heteroatoms. The molecule has 0 unspecified atom stereocenters. The number of hydrogen-bond acceptors (Lipinski definition) is 7. The van der Waals surface area contributed by atoms with Gasteiger partial charge in [0.05, 0.1) is 23.7 Å². The predicted molar refractivity (Wildman–Crippen MR) is 164 cm³/mol. The first kappa shape index (κ1) is 35.5. The maximum Gasteiger partial charge on any atom is 0.435 e. The summed E-state index contributed by atoms with van der Waals surface area (Å²) in [5, 5.41) is 9.32. The molecule has 0 spiro atoms. The van der Waals surface area contributed by atoms with Crippen LogP contribution in [-0.4, -0.2) is 42.9 Å². The van der Waals surface area contributed by atoms with Crippen molar-refractivity contribution in [2.24, 2.45) is 5.10 Å². The van der Waals surface area contributed by atoms with E-state index in [0.29, 0.717) is 34.6 Å². The van der Waals surface area contributed by atoms with Gasteiger partial charge >= 0.3 is 12.2 Å². The summed E-state index contributed by atoms with van der Waals surface area (Å²) < 4.78 is 10.6. The Morgan fingerprint density at radius 2 is 1.67 bits per heavy atom. The second-order valence-corrected chi connectivity index (χ2v) is 9.44. The van der Waals surface area contributed by atoms with Crippen molar-refractivity contribution < 1.29 is 23.9 Å². The molecule has 2 rings (SSSR count). The van der Waals surface area contributed by atoms with Crippen LogP contribution in [-0.2, 0) is 9.47 Å². The van der Waals surface area contributed by atoms with Crippen LogP contribution in [0.3, 0.4) is 0 Å². The number of Topliss-reactive ketones (excluding diaryl/α,β-unsaturated/α-hetero) is 1. The maximum absolute atomic E-state index is 12.8. The number of hydrogen-bond donors (Lipinski definition) is 0. The minimum Gasteiger partial charge on any atom is -0.449 e. The topological polar surface area (TPSA) is 88.5 Å². The summed E-state index contributed by atoms with van der Waals surface area (Å²) in [6, 6.07) is 6.91. The molecule has 0 N–H and O–H groups in total. The lowest BCUT2D eigenvalue weighted by Crippen LogP contribution is -2.34. The Balaban J connectivity index is 0.00000344. The summed E-state index contributed by atoms with van der Waals surface area (Å²) in [4.78, 5) is 38.7. The van der Waals surface area contributed by atoms with Crippen molar-refractivity contribution in [1.82, 2.24) is 0 Å². The van der Waals surface area contributed by atoms with E-state index in [1.165, 1.54) is 21.2 Å². The van der Waals surface area contributed by atoms with Crippen LogP contribution in [0.2, 0.25) is 0 Å². The first-order chi connectivity index (χ1) is 18.5. The molecule has 0 saturated heterocycles. The average Bonchev–Trinajstić information content (AvgIpc) is 3.45. The molecular weight excluding hydrogens is 514 g/mol. The van der Waals surface area contributed by atoms with Crippen molar-refractivity contribution in [3.8, 4) is 0 Å². The van der Waals surface area contributed by atoms with Gasteiger partial charge in [-0.25, -0.2) is 9.59 Å². The van der Waals surface area contributed by atoms with Gasteiger partial charge in [-0.15, -0.1) is 0 Å². The Hall–Kier alpha value is -3.46. The van der Waals surface area contributed by atoms with Gasteiger partial charge in [0.2, 0.25) is 0 Å². The lowest BCUT2D eigenvalue weighted by Gasteiger charge is -2.24. The molecule has 1 heterocycles. The van der Waals surface area contributed by atoms with Crippen LogP contribution in [0.25, 0.3) is 6.08 Å². The van der Waals surface area contributed by atoms with Crippen LogP contribution in [0, 0.1) is 0 Å². The molecule has 0 aliphatic carbocycles. The number of carbonyl (C=O) groups excluding carboxylic acids is 3. The van der Waals surface area contributed by atoms with Crippen LogP contribution in [0.4, 0.5) is 21.0 Å². The molecule has 0 aliphatic heterocycles. The molecule has 0 aliphatic rings. The number of ketones is 1. The van der Waals surface area contributed by atoms with Gasteiger partial charge in [-0.2, -0.15) is 21.4 Å². The number of nitrogens with zero attached hydrogens (tertiary/aromatic N) is 3. The van der Waals surface area contributed by atoms with Crippen molar-refractivity contribution in [2.75, 3.05) is 23.6 Å². The molecule has 2 aromatic rings. The first-order valence-electron chi connectivity index (χ1n) is 13.3. The Morgan fingerprint density at radius 1 is 1.03 bits per heavy atom. The highest BCUT2D eigenvalue weighted by Gasteiger charge is 2.24. The largest absolute Gasteiger partial charge is 0.449 e. The highest BCUT2D eigenvalue weighted by molar-refractivity contribution is 7.08. The van der Waals surface area contributed by atoms with E-state index in [1.807, 2.05) is 33.1 Å². The molecule has 0 radical (unpaired) electrons. The number of carbonyl (C=O) groups is 3. The third-order valence-electron chi connectivity index (χ3n) is 4.65. The van der Waals surface area contributed by atoms with Crippen LogP contribution in [0.5, 0.6) is 0 Å². The number of allylic oxidation sites excluding steroid dienone is 1. The molecule has 1 aromatic carbocycles. The predicted octanol–water partition coefficient (Wildman–Crippen LogP) is 8.82. The average molecular weight is 560 g/mol. The van der Waals surface area contributed by atoms with Crippen molar-refractivity contribution in [1.29, 1.82) is 0 Å². The number of amides is 2. The number of thiophene rings is 1. The van der Waals surface area contributed by atoms with Gasteiger partial charge in [0.1, 0.15) is 5.60 Å². The normalized spacial score (nSPS) is 11.0. The summed E-state index contributed by atoms with van der Waals surface area (Å²) in [6.45, 7) is 18.9. The quantitative estimate of drug-likeness (QED) is 0.183. The van der Waals surface area contributed by atoms with Crippen molar-refractivity contribution in [3.63, 3.8) is 0 Å². The molecular formula is C30H45N3O5S. The van der Waals surface area contributed by atoms with E-state index in [2.05, 4.69) is 5.10 Å². The van der Waals surface area contributed by atoms with E-state index in [0.717, 1.165) is 0 Å². The second kappa shape index (κ2) is 17.9. The SMILES string of the molecule is CC.CC.CCOC(=O)N(C)c1ccc(C(=O)CC)cc1/C=C/C(C)=N/N(C(=O)OC(C)(C)C)c1ccsc1. The van der Waals surface area contributed by atoms with Crippen LogP contribution < -0.4 is 9.91 Å².